The van der Waals surface area contributed by atoms with Crippen molar-refractivity contribution in [2.45, 2.75) is 58.1 Å². The van der Waals surface area contributed by atoms with Crippen LogP contribution in [0.2, 0.25) is 5.82 Å². The minimum absolute atomic E-state index is 0.112. The van der Waals surface area contributed by atoms with Crippen LogP contribution in [0.25, 0.3) is 0 Å². The third-order valence-electron chi connectivity index (χ3n) is 4.24. The maximum absolute atomic E-state index is 13.1. The maximum Gasteiger partial charge on any atom is 0.455 e. The lowest BCUT2D eigenvalue weighted by molar-refractivity contribution is -0.137. The van der Waals surface area contributed by atoms with Crippen LogP contribution in [0.3, 0.4) is 0 Å². The summed E-state index contributed by atoms with van der Waals surface area (Å²) >= 11 is 0. The molecule has 0 saturated heterocycles. The molecule has 0 bridgehead atoms. The zero-order valence-electron chi connectivity index (χ0n) is 15.8. The molecule has 0 fully saturated rings. The van der Waals surface area contributed by atoms with E-state index in [2.05, 4.69) is 5.32 Å². The first-order valence-electron chi connectivity index (χ1n) is 8.64. The van der Waals surface area contributed by atoms with Crippen LogP contribution in [0.1, 0.15) is 56.5 Å². The lowest BCUT2D eigenvalue weighted by Crippen LogP contribution is -2.50. The molecular weight excluding hydrogens is 362 g/mol. The van der Waals surface area contributed by atoms with Crippen molar-refractivity contribution in [2.75, 3.05) is 0 Å². The second kappa shape index (κ2) is 8.88. The van der Waals surface area contributed by atoms with Gasteiger partial charge in [-0.25, -0.2) is 0 Å². The first-order valence-corrected chi connectivity index (χ1v) is 8.64. The molecule has 1 rings (SSSR count). The fourth-order valence-electron chi connectivity index (χ4n) is 2.76. The van der Waals surface area contributed by atoms with Crippen LogP contribution in [-0.2, 0) is 11.0 Å². The number of amides is 1. The van der Waals surface area contributed by atoms with E-state index in [-0.39, 0.29) is 12.3 Å². The Morgan fingerprint density at radius 2 is 1.70 bits per heavy atom. The zero-order chi connectivity index (χ0) is 21.0. The average Bonchev–Trinajstić information content (AvgIpc) is 2.52. The molecule has 1 aromatic carbocycles. The van der Waals surface area contributed by atoms with Gasteiger partial charge in [-0.05, 0) is 38.3 Å². The first-order chi connectivity index (χ1) is 12.3. The third kappa shape index (κ3) is 6.66. The normalized spacial score (nSPS) is 13.4. The van der Waals surface area contributed by atoms with E-state index in [4.69, 9.17) is 0 Å². The predicted octanol–water partition coefficient (Wildman–Crippen LogP) is 3.06. The Morgan fingerprint density at radius 3 is 2.19 bits per heavy atom. The monoisotopic (exact) mass is 387 g/mol. The Labute approximate surface area is 157 Å². The van der Waals surface area contributed by atoms with Crippen LogP contribution >= 0.6 is 0 Å². The summed E-state index contributed by atoms with van der Waals surface area (Å²) in [6, 6.07) is 4.32. The molecule has 5 nitrogen and oxygen atoms in total. The van der Waals surface area contributed by atoms with Crippen LogP contribution in [0.15, 0.2) is 24.3 Å². The molecule has 1 amide bonds. The van der Waals surface area contributed by atoms with Crippen molar-refractivity contribution < 1.29 is 32.8 Å². The molecule has 0 aliphatic carbocycles. The van der Waals surface area contributed by atoms with Crippen LogP contribution in [0, 0.1) is 5.92 Å². The highest BCUT2D eigenvalue weighted by Gasteiger charge is 2.38. The summed E-state index contributed by atoms with van der Waals surface area (Å²) in [5.74, 6) is -2.14. The predicted molar refractivity (Wildman–Crippen MR) is 96.0 cm³/mol. The standard InChI is InChI=1S/C18H25BF3NO4/c1-11(2)9-12(19(26)27)10-15(24)17(3,4)23-16(25)13-7-5-6-8-14(13)18(20,21)22/h5-8,11-12,26-27H,9-10H2,1-4H3,(H,23,25)/t12-/m1/s1. The quantitative estimate of drug-likeness (QED) is 0.599. The molecule has 3 N–H and O–H groups in total. The van der Waals surface area contributed by atoms with Gasteiger partial charge in [-0.15, -0.1) is 0 Å². The number of halogens is 3. The first kappa shape index (κ1) is 23.2. The molecule has 0 spiro atoms. The van der Waals surface area contributed by atoms with Gasteiger partial charge in [-0.1, -0.05) is 26.0 Å². The van der Waals surface area contributed by atoms with Gasteiger partial charge in [0.1, 0.15) is 0 Å². The second-order valence-corrected chi connectivity index (χ2v) is 7.55. The van der Waals surface area contributed by atoms with E-state index in [1.54, 1.807) is 0 Å². The Hall–Kier alpha value is -1.87. The molecule has 0 aromatic heterocycles. The molecule has 0 heterocycles. The summed E-state index contributed by atoms with van der Waals surface area (Å²) < 4.78 is 39.2. The number of alkyl halides is 3. The lowest BCUT2D eigenvalue weighted by atomic mass is 9.65. The fraction of sp³-hybridized carbons (Fsp3) is 0.556. The highest BCUT2D eigenvalue weighted by atomic mass is 19.4. The van der Waals surface area contributed by atoms with E-state index in [1.165, 1.54) is 26.0 Å². The molecule has 1 aromatic rings. The van der Waals surface area contributed by atoms with E-state index >= 15 is 0 Å². The molecule has 27 heavy (non-hydrogen) atoms. The van der Waals surface area contributed by atoms with Crippen molar-refractivity contribution >= 4 is 18.8 Å². The molecule has 150 valence electrons. The summed E-state index contributed by atoms with van der Waals surface area (Å²) in [7, 11) is -1.70. The van der Waals surface area contributed by atoms with Crippen LogP contribution < -0.4 is 5.32 Å². The Kier molecular flexibility index (Phi) is 7.62. The minimum Gasteiger partial charge on any atom is -0.427 e. The maximum atomic E-state index is 13.1. The van der Waals surface area contributed by atoms with Crippen LogP contribution in [0.4, 0.5) is 13.2 Å². The third-order valence-corrected chi connectivity index (χ3v) is 4.24. The van der Waals surface area contributed by atoms with E-state index < -0.39 is 47.5 Å². The Bertz CT molecular complexity index is 675. The van der Waals surface area contributed by atoms with Gasteiger partial charge in [0.2, 0.25) is 0 Å². The minimum atomic E-state index is -4.70. The van der Waals surface area contributed by atoms with Crippen molar-refractivity contribution in [2.24, 2.45) is 5.92 Å². The van der Waals surface area contributed by atoms with Gasteiger partial charge in [0.25, 0.3) is 5.91 Å². The topological polar surface area (TPSA) is 86.6 Å². The summed E-state index contributed by atoms with van der Waals surface area (Å²) in [4.78, 5) is 24.9. The molecule has 0 aliphatic heterocycles. The van der Waals surface area contributed by atoms with E-state index in [0.717, 1.165) is 12.1 Å². The zero-order valence-corrected chi connectivity index (χ0v) is 15.8. The number of ketones is 1. The summed E-state index contributed by atoms with van der Waals surface area (Å²) in [5.41, 5.74) is -3.14. The molecular formula is C18H25BF3NO4. The van der Waals surface area contributed by atoms with Gasteiger partial charge in [0, 0.05) is 12.2 Å². The van der Waals surface area contributed by atoms with Crippen LogP contribution in [0.5, 0.6) is 0 Å². The number of nitrogens with one attached hydrogen (secondary N) is 1. The number of carbonyl (C=O) groups excluding carboxylic acids is 2. The lowest BCUT2D eigenvalue weighted by Gasteiger charge is -2.28. The van der Waals surface area contributed by atoms with Crippen molar-refractivity contribution in [1.29, 1.82) is 0 Å². The van der Waals surface area contributed by atoms with Crippen molar-refractivity contribution in [3.8, 4) is 0 Å². The van der Waals surface area contributed by atoms with Gasteiger partial charge >= 0.3 is 13.3 Å². The van der Waals surface area contributed by atoms with E-state index in [9.17, 15) is 32.8 Å². The largest absolute Gasteiger partial charge is 0.455 e. The smallest absolute Gasteiger partial charge is 0.427 e. The Morgan fingerprint density at radius 1 is 1.15 bits per heavy atom. The summed E-state index contributed by atoms with van der Waals surface area (Å²) in [6.45, 7) is 6.47. The molecule has 0 radical (unpaired) electrons. The number of Topliss-reactive ketones (excluding diaryl/α,β-unsaturated/α-hetero) is 1. The van der Waals surface area contributed by atoms with Gasteiger partial charge in [0.15, 0.2) is 5.78 Å². The number of hydrogen-bond donors (Lipinski definition) is 3. The molecule has 1 atom stereocenters. The highest BCUT2D eigenvalue weighted by Crippen LogP contribution is 2.32. The van der Waals surface area contributed by atoms with Gasteiger partial charge in [-0.2, -0.15) is 13.2 Å². The number of benzene rings is 1. The molecule has 9 heteroatoms. The Balaban J connectivity index is 2.97. The number of rotatable bonds is 8. The number of carbonyl (C=O) groups is 2. The fourth-order valence-corrected chi connectivity index (χ4v) is 2.76. The van der Waals surface area contributed by atoms with Crippen molar-refractivity contribution in [1.82, 2.24) is 5.32 Å². The van der Waals surface area contributed by atoms with E-state index in [1.807, 2.05) is 13.8 Å². The van der Waals surface area contributed by atoms with Gasteiger partial charge in [-0.3, -0.25) is 9.59 Å². The second-order valence-electron chi connectivity index (χ2n) is 7.55. The van der Waals surface area contributed by atoms with Crippen molar-refractivity contribution in [3.05, 3.63) is 35.4 Å². The van der Waals surface area contributed by atoms with E-state index in [0.29, 0.717) is 6.42 Å². The highest BCUT2D eigenvalue weighted by molar-refractivity contribution is 6.43. The average molecular weight is 387 g/mol. The van der Waals surface area contributed by atoms with Crippen LogP contribution in [-0.4, -0.2) is 34.4 Å². The van der Waals surface area contributed by atoms with Gasteiger partial charge in [0.05, 0.1) is 16.7 Å². The molecule has 0 saturated carbocycles. The summed E-state index contributed by atoms with van der Waals surface area (Å²) in [6.07, 6.45) is -4.54. The molecule has 0 aliphatic rings. The van der Waals surface area contributed by atoms with Crippen molar-refractivity contribution in [3.63, 3.8) is 0 Å². The number of hydrogen-bond acceptors (Lipinski definition) is 4. The van der Waals surface area contributed by atoms with Gasteiger partial charge < -0.3 is 15.4 Å². The SMILES string of the molecule is CC(C)C[C@H](CC(=O)C(C)(C)NC(=O)c1ccccc1C(F)(F)F)B(O)O. The molecule has 0 unspecified atom stereocenters. The summed E-state index contributed by atoms with van der Waals surface area (Å²) in [5, 5.41) is 21.2.